The molecule has 0 spiro atoms. The molecule has 0 aromatic heterocycles. The lowest BCUT2D eigenvalue weighted by Crippen LogP contribution is -2.27. The zero-order chi connectivity index (χ0) is 9.54. The molecule has 0 amide bonds. The first-order valence-electron chi connectivity index (χ1n) is 4.22. The maximum atomic E-state index is 5.02. The summed E-state index contributed by atoms with van der Waals surface area (Å²) in [6.07, 6.45) is 1.59. The third kappa shape index (κ3) is 0.927. The van der Waals surface area contributed by atoms with Gasteiger partial charge in [0.05, 0.1) is 12.0 Å². The molecule has 68 valence electrons. The molecule has 14 heavy (non-hydrogen) atoms. The number of azo groups is 1. The fourth-order valence-electron chi connectivity index (χ4n) is 1.59. The monoisotopic (exact) mass is 202 g/mol. The minimum atomic E-state index is -0.101. The Balaban J connectivity index is 2.18. The van der Waals surface area contributed by atoms with Gasteiger partial charge < -0.3 is 0 Å². The zero-order valence-corrected chi connectivity index (χ0v) is 7.98. The number of hydrogen-bond acceptors (Lipinski definition) is 3. The average Bonchev–Trinajstić information content (AvgIpc) is 2.61. The molecule has 2 heterocycles. The minimum absolute atomic E-state index is 0.101. The predicted molar refractivity (Wildman–Crippen MR) is 56.6 cm³/mol. The molecule has 0 aliphatic carbocycles. The van der Waals surface area contributed by atoms with Crippen molar-refractivity contribution in [1.29, 1.82) is 0 Å². The number of benzene rings is 1. The molecule has 2 aliphatic heterocycles. The number of thiocarbonyl (C=S) groups is 1. The molecule has 1 unspecified atom stereocenters. The summed E-state index contributed by atoms with van der Waals surface area (Å²) in [5, 5.41) is 8.45. The van der Waals surface area contributed by atoms with Crippen LogP contribution in [0.5, 0.6) is 0 Å². The summed E-state index contributed by atoms with van der Waals surface area (Å²) in [4.78, 5) is 6.07. The standard InChI is InChI=1S/C9H6N4S/c14-9-12-11-8-6-3-1-2-4-7(6)10-5-13(8)9/h1-5,8H. The van der Waals surface area contributed by atoms with E-state index in [-0.39, 0.29) is 6.17 Å². The third-order valence-corrected chi connectivity index (χ3v) is 2.57. The fraction of sp³-hybridized carbons (Fsp3) is 0.111. The first-order chi connectivity index (χ1) is 6.86. The van der Waals surface area contributed by atoms with Crippen molar-refractivity contribution in [3.8, 4) is 0 Å². The summed E-state index contributed by atoms with van der Waals surface area (Å²) >= 11 is 5.02. The second kappa shape index (κ2) is 2.68. The molecule has 0 fully saturated rings. The smallest absolute Gasteiger partial charge is 0.223 e. The van der Waals surface area contributed by atoms with Crippen LogP contribution in [0.15, 0.2) is 39.5 Å². The van der Waals surface area contributed by atoms with E-state index in [1.54, 1.807) is 11.2 Å². The molecule has 0 bridgehead atoms. The first-order valence-corrected chi connectivity index (χ1v) is 4.63. The van der Waals surface area contributed by atoms with Gasteiger partial charge in [0.15, 0.2) is 6.17 Å². The van der Waals surface area contributed by atoms with Crippen LogP contribution in [0, 0.1) is 0 Å². The van der Waals surface area contributed by atoms with Gasteiger partial charge in [0, 0.05) is 5.56 Å². The second-order valence-corrected chi connectivity index (χ2v) is 3.45. The Morgan fingerprint density at radius 2 is 2.14 bits per heavy atom. The van der Waals surface area contributed by atoms with Gasteiger partial charge in [-0.3, -0.25) is 4.90 Å². The summed E-state index contributed by atoms with van der Waals surface area (Å²) in [5.41, 5.74) is 2.00. The van der Waals surface area contributed by atoms with Crippen LogP contribution in [-0.4, -0.2) is 16.4 Å². The molecule has 2 aliphatic rings. The van der Waals surface area contributed by atoms with Crippen molar-refractivity contribution < 1.29 is 0 Å². The van der Waals surface area contributed by atoms with Gasteiger partial charge >= 0.3 is 0 Å². The Bertz CT molecular complexity index is 466. The summed E-state index contributed by atoms with van der Waals surface area (Å²) in [6, 6.07) is 7.88. The van der Waals surface area contributed by atoms with E-state index in [2.05, 4.69) is 15.2 Å². The number of fused-ring (bicyclic) bond motifs is 3. The summed E-state index contributed by atoms with van der Waals surface area (Å²) in [7, 11) is 0. The molecule has 5 heteroatoms. The molecule has 1 atom stereocenters. The molecule has 3 rings (SSSR count). The average molecular weight is 202 g/mol. The molecular formula is C9H6N4S. The maximum Gasteiger partial charge on any atom is 0.223 e. The predicted octanol–water partition coefficient (Wildman–Crippen LogP) is 2.41. The summed E-state index contributed by atoms with van der Waals surface area (Å²) in [5.74, 6) is 0. The van der Waals surface area contributed by atoms with Crippen molar-refractivity contribution in [2.45, 2.75) is 6.17 Å². The third-order valence-electron chi connectivity index (χ3n) is 2.27. The SMILES string of the molecule is S=C1N=NC2c3ccccc3N=CN12. The molecule has 0 saturated carbocycles. The normalized spacial score (nSPS) is 22.4. The highest BCUT2D eigenvalue weighted by Gasteiger charge is 2.30. The van der Waals surface area contributed by atoms with E-state index in [0.717, 1.165) is 11.3 Å². The van der Waals surface area contributed by atoms with E-state index < -0.39 is 0 Å². The largest absolute Gasteiger partial charge is 0.277 e. The van der Waals surface area contributed by atoms with E-state index in [4.69, 9.17) is 12.2 Å². The van der Waals surface area contributed by atoms with Gasteiger partial charge in [-0.25, -0.2) is 4.99 Å². The van der Waals surface area contributed by atoms with E-state index in [1.165, 1.54) is 0 Å². The fourth-order valence-corrected chi connectivity index (χ4v) is 1.78. The molecule has 1 aromatic carbocycles. The molecule has 4 nitrogen and oxygen atoms in total. The lowest BCUT2D eigenvalue weighted by molar-refractivity contribution is 0.498. The van der Waals surface area contributed by atoms with E-state index in [1.807, 2.05) is 24.3 Å². The minimum Gasteiger partial charge on any atom is -0.277 e. The van der Waals surface area contributed by atoms with Gasteiger partial charge in [0.25, 0.3) is 0 Å². The van der Waals surface area contributed by atoms with Gasteiger partial charge in [-0.1, -0.05) is 18.2 Å². The highest BCUT2D eigenvalue weighted by molar-refractivity contribution is 7.80. The van der Waals surface area contributed by atoms with Crippen LogP contribution in [-0.2, 0) is 0 Å². The number of rotatable bonds is 0. The van der Waals surface area contributed by atoms with Crippen LogP contribution in [0.25, 0.3) is 0 Å². The van der Waals surface area contributed by atoms with Gasteiger partial charge in [-0.05, 0) is 18.3 Å². The van der Waals surface area contributed by atoms with Crippen LogP contribution in [0.2, 0.25) is 0 Å². The molecule has 0 saturated heterocycles. The molecule has 0 radical (unpaired) electrons. The Morgan fingerprint density at radius 3 is 3.07 bits per heavy atom. The van der Waals surface area contributed by atoms with Crippen LogP contribution in [0.1, 0.15) is 11.7 Å². The lowest BCUT2D eigenvalue weighted by atomic mass is 10.1. The van der Waals surface area contributed by atoms with Gasteiger partial charge in [-0.15, -0.1) is 5.11 Å². The number of aliphatic imine (C=N–C) groups is 1. The van der Waals surface area contributed by atoms with E-state index in [9.17, 15) is 0 Å². The maximum absolute atomic E-state index is 5.02. The molecular weight excluding hydrogens is 196 g/mol. The highest BCUT2D eigenvalue weighted by Crippen LogP contribution is 2.36. The van der Waals surface area contributed by atoms with E-state index >= 15 is 0 Å². The summed E-state index contributed by atoms with van der Waals surface area (Å²) in [6.45, 7) is 0. The zero-order valence-electron chi connectivity index (χ0n) is 7.16. The van der Waals surface area contributed by atoms with Crippen LogP contribution in [0.4, 0.5) is 5.69 Å². The van der Waals surface area contributed by atoms with Crippen LogP contribution in [0.3, 0.4) is 0 Å². The van der Waals surface area contributed by atoms with Crippen LogP contribution < -0.4 is 0 Å². The van der Waals surface area contributed by atoms with Gasteiger partial charge in [0.1, 0.15) is 0 Å². The second-order valence-electron chi connectivity index (χ2n) is 3.08. The lowest BCUT2D eigenvalue weighted by Gasteiger charge is -2.23. The van der Waals surface area contributed by atoms with Crippen molar-refractivity contribution in [3.05, 3.63) is 29.8 Å². The van der Waals surface area contributed by atoms with Crippen molar-refractivity contribution >= 4 is 29.4 Å². The first kappa shape index (κ1) is 7.75. The Kier molecular flexibility index (Phi) is 1.49. The van der Waals surface area contributed by atoms with Crippen molar-refractivity contribution in [3.63, 3.8) is 0 Å². The Hall–Kier alpha value is -1.62. The Labute approximate surface area is 86.0 Å². The van der Waals surface area contributed by atoms with Crippen LogP contribution >= 0.6 is 12.2 Å². The quantitative estimate of drug-likeness (QED) is 0.606. The number of para-hydroxylation sites is 1. The van der Waals surface area contributed by atoms with E-state index in [0.29, 0.717) is 5.11 Å². The van der Waals surface area contributed by atoms with Crippen molar-refractivity contribution in [2.24, 2.45) is 15.2 Å². The van der Waals surface area contributed by atoms with Crippen molar-refractivity contribution in [1.82, 2.24) is 4.90 Å². The molecule has 0 N–H and O–H groups in total. The topological polar surface area (TPSA) is 40.3 Å². The Morgan fingerprint density at radius 1 is 1.29 bits per heavy atom. The number of nitrogens with zero attached hydrogens (tertiary/aromatic N) is 4. The van der Waals surface area contributed by atoms with Gasteiger partial charge in [-0.2, -0.15) is 5.11 Å². The molecule has 1 aromatic rings. The summed E-state index contributed by atoms with van der Waals surface area (Å²) < 4.78 is 0. The van der Waals surface area contributed by atoms with Crippen molar-refractivity contribution in [2.75, 3.05) is 0 Å². The highest BCUT2D eigenvalue weighted by atomic mass is 32.1. The number of hydrogen-bond donors (Lipinski definition) is 0. The van der Waals surface area contributed by atoms with Gasteiger partial charge in [0.2, 0.25) is 5.11 Å².